The number of carbonyl (C=O) groups excluding carboxylic acids is 1. The molecule has 5 nitrogen and oxygen atoms in total. The van der Waals surface area contributed by atoms with Crippen LogP contribution in [0.2, 0.25) is 0 Å². The van der Waals surface area contributed by atoms with Gasteiger partial charge >= 0.3 is 0 Å². The van der Waals surface area contributed by atoms with Crippen molar-refractivity contribution < 1.29 is 13.9 Å². The second kappa shape index (κ2) is 8.35. The fourth-order valence-electron chi connectivity index (χ4n) is 2.59. The molecule has 0 saturated heterocycles. The number of halogens is 2. The maximum absolute atomic E-state index is 13.2. The number of anilines is 1. The van der Waals surface area contributed by atoms with Gasteiger partial charge in [-0.25, -0.2) is 9.07 Å². The number of hydrogen-bond donors (Lipinski definition) is 1. The van der Waals surface area contributed by atoms with Crippen molar-refractivity contribution in [2.45, 2.75) is 26.5 Å². The molecular formula is C20H19BrFN3O2. The van der Waals surface area contributed by atoms with E-state index in [0.717, 1.165) is 11.1 Å². The molecule has 1 aromatic heterocycles. The zero-order chi connectivity index (χ0) is 19.4. The van der Waals surface area contributed by atoms with Crippen molar-refractivity contribution in [1.29, 1.82) is 0 Å². The van der Waals surface area contributed by atoms with Gasteiger partial charge in [-0.05, 0) is 53.5 Å². The van der Waals surface area contributed by atoms with Gasteiger partial charge in [0.2, 0.25) is 0 Å². The Morgan fingerprint density at radius 3 is 2.85 bits per heavy atom. The van der Waals surface area contributed by atoms with Crippen LogP contribution in [0.15, 0.2) is 59.2 Å². The van der Waals surface area contributed by atoms with Gasteiger partial charge in [-0.15, -0.1) is 0 Å². The fourth-order valence-corrected chi connectivity index (χ4v) is 3.04. The minimum Gasteiger partial charge on any atom is -0.480 e. The van der Waals surface area contributed by atoms with Crippen LogP contribution in [0.1, 0.15) is 18.1 Å². The molecule has 2 aromatic carbocycles. The monoisotopic (exact) mass is 431 g/mol. The average Bonchev–Trinajstić information content (AvgIpc) is 3.04. The van der Waals surface area contributed by atoms with Crippen LogP contribution < -0.4 is 10.1 Å². The molecule has 0 fully saturated rings. The number of benzene rings is 2. The van der Waals surface area contributed by atoms with Gasteiger partial charge in [-0.3, -0.25) is 4.79 Å². The first-order chi connectivity index (χ1) is 12.9. The lowest BCUT2D eigenvalue weighted by atomic mass is 10.1. The van der Waals surface area contributed by atoms with Crippen molar-refractivity contribution in [2.75, 3.05) is 5.32 Å². The number of nitrogens with one attached hydrogen (secondary N) is 1. The van der Waals surface area contributed by atoms with Gasteiger partial charge in [-0.2, -0.15) is 5.10 Å². The van der Waals surface area contributed by atoms with E-state index in [9.17, 15) is 9.18 Å². The maximum atomic E-state index is 13.2. The van der Waals surface area contributed by atoms with Crippen molar-refractivity contribution in [3.63, 3.8) is 0 Å². The number of aryl methyl sites for hydroxylation is 1. The van der Waals surface area contributed by atoms with Gasteiger partial charge in [-0.1, -0.05) is 29.8 Å². The van der Waals surface area contributed by atoms with Gasteiger partial charge in [0.1, 0.15) is 17.4 Å². The van der Waals surface area contributed by atoms with E-state index in [0.29, 0.717) is 22.6 Å². The van der Waals surface area contributed by atoms with Crippen molar-refractivity contribution in [3.8, 4) is 5.75 Å². The lowest BCUT2D eigenvalue weighted by Crippen LogP contribution is -2.31. The molecule has 3 rings (SSSR count). The third kappa shape index (κ3) is 4.95. The number of aromatic nitrogens is 2. The Hall–Kier alpha value is -2.67. The summed E-state index contributed by atoms with van der Waals surface area (Å²) in [5.41, 5.74) is 2.26. The smallest absolute Gasteiger partial charge is 0.266 e. The molecule has 1 N–H and O–H groups in total. The molecule has 140 valence electrons. The van der Waals surface area contributed by atoms with E-state index in [-0.39, 0.29) is 11.7 Å². The summed E-state index contributed by atoms with van der Waals surface area (Å²) in [5.74, 6) is 0.269. The highest BCUT2D eigenvalue weighted by Gasteiger charge is 2.18. The zero-order valence-corrected chi connectivity index (χ0v) is 16.5. The molecule has 1 unspecified atom stereocenters. The predicted molar refractivity (Wildman–Crippen MR) is 105 cm³/mol. The van der Waals surface area contributed by atoms with E-state index in [1.807, 2.05) is 25.1 Å². The molecular weight excluding hydrogens is 413 g/mol. The van der Waals surface area contributed by atoms with E-state index in [2.05, 4.69) is 32.4 Å². The lowest BCUT2D eigenvalue weighted by Gasteiger charge is -2.16. The summed E-state index contributed by atoms with van der Waals surface area (Å²) in [6, 6.07) is 13.9. The van der Waals surface area contributed by atoms with E-state index in [4.69, 9.17) is 4.74 Å². The number of ether oxygens (including phenoxy) is 1. The molecule has 7 heteroatoms. The molecule has 1 heterocycles. The van der Waals surface area contributed by atoms with Crippen molar-refractivity contribution in [3.05, 3.63) is 76.1 Å². The quantitative estimate of drug-likeness (QED) is 0.622. The Labute approximate surface area is 165 Å². The molecule has 1 amide bonds. The minimum absolute atomic E-state index is 0.322. The zero-order valence-electron chi connectivity index (χ0n) is 14.9. The van der Waals surface area contributed by atoms with E-state index in [1.54, 1.807) is 23.9 Å². The average molecular weight is 432 g/mol. The van der Waals surface area contributed by atoms with Crippen molar-refractivity contribution in [1.82, 2.24) is 9.78 Å². The number of hydrogen-bond acceptors (Lipinski definition) is 3. The topological polar surface area (TPSA) is 56.2 Å². The van der Waals surface area contributed by atoms with E-state index < -0.39 is 6.10 Å². The number of nitrogens with zero attached hydrogens (tertiary/aromatic N) is 2. The Balaban J connectivity index is 1.66. The fraction of sp³-hybridized carbons (Fsp3) is 0.200. The van der Waals surface area contributed by atoms with Crippen LogP contribution in [0.25, 0.3) is 0 Å². The molecule has 0 aliphatic heterocycles. The Bertz CT molecular complexity index is 958. The molecule has 0 bridgehead atoms. The molecule has 0 spiro atoms. The Morgan fingerprint density at radius 2 is 2.11 bits per heavy atom. The first-order valence-corrected chi connectivity index (χ1v) is 9.21. The van der Waals surface area contributed by atoms with Gasteiger partial charge in [0.05, 0.1) is 17.2 Å². The molecule has 27 heavy (non-hydrogen) atoms. The SMILES string of the molecule is Cc1cccc(Cn2nccc2NC(=O)C(C)Oc2ccc(F)cc2Br)c1. The Morgan fingerprint density at radius 1 is 1.30 bits per heavy atom. The summed E-state index contributed by atoms with van der Waals surface area (Å²) in [6.07, 6.45) is 0.863. The largest absolute Gasteiger partial charge is 0.480 e. The van der Waals surface area contributed by atoms with Crippen LogP contribution in [-0.4, -0.2) is 21.8 Å². The van der Waals surface area contributed by atoms with Crippen LogP contribution in [0, 0.1) is 12.7 Å². The van der Waals surface area contributed by atoms with Crippen LogP contribution in [0.5, 0.6) is 5.75 Å². The second-order valence-electron chi connectivity index (χ2n) is 6.19. The van der Waals surface area contributed by atoms with Crippen molar-refractivity contribution in [2.24, 2.45) is 0 Å². The minimum atomic E-state index is -0.769. The first-order valence-electron chi connectivity index (χ1n) is 8.42. The molecule has 3 aromatic rings. The summed E-state index contributed by atoms with van der Waals surface area (Å²) in [4.78, 5) is 12.5. The summed E-state index contributed by atoms with van der Waals surface area (Å²) < 4.78 is 21.0. The maximum Gasteiger partial charge on any atom is 0.266 e. The summed E-state index contributed by atoms with van der Waals surface area (Å²) >= 11 is 3.23. The highest BCUT2D eigenvalue weighted by molar-refractivity contribution is 9.10. The van der Waals surface area contributed by atoms with Gasteiger partial charge in [0, 0.05) is 6.07 Å². The first kappa shape index (κ1) is 19.1. The predicted octanol–water partition coefficient (Wildman–Crippen LogP) is 4.55. The highest BCUT2D eigenvalue weighted by atomic mass is 79.9. The molecule has 0 aliphatic carbocycles. The molecule has 1 atom stereocenters. The van der Waals surface area contributed by atoms with Gasteiger partial charge in [0.25, 0.3) is 5.91 Å². The third-order valence-corrected chi connectivity index (χ3v) is 4.57. The second-order valence-corrected chi connectivity index (χ2v) is 7.04. The number of carbonyl (C=O) groups is 1. The summed E-state index contributed by atoms with van der Waals surface area (Å²) in [7, 11) is 0. The highest BCUT2D eigenvalue weighted by Crippen LogP contribution is 2.26. The van der Waals surface area contributed by atoms with E-state index >= 15 is 0 Å². The number of amides is 1. The van der Waals surface area contributed by atoms with Gasteiger partial charge < -0.3 is 10.1 Å². The normalized spacial score (nSPS) is 11.9. The molecule has 0 radical (unpaired) electrons. The van der Waals surface area contributed by atoms with Crippen molar-refractivity contribution >= 4 is 27.7 Å². The van der Waals surface area contributed by atoms with Crippen LogP contribution in [0.3, 0.4) is 0 Å². The van der Waals surface area contributed by atoms with Crippen LogP contribution in [-0.2, 0) is 11.3 Å². The van der Waals surface area contributed by atoms with Crippen LogP contribution >= 0.6 is 15.9 Å². The summed E-state index contributed by atoms with van der Waals surface area (Å²) in [6.45, 7) is 4.21. The third-order valence-electron chi connectivity index (χ3n) is 3.95. The summed E-state index contributed by atoms with van der Waals surface area (Å²) in [5, 5.41) is 7.10. The number of rotatable bonds is 6. The lowest BCUT2D eigenvalue weighted by molar-refractivity contribution is -0.122. The van der Waals surface area contributed by atoms with Gasteiger partial charge in [0.15, 0.2) is 6.10 Å². The Kier molecular flexibility index (Phi) is 5.91. The van der Waals surface area contributed by atoms with Crippen LogP contribution in [0.4, 0.5) is 10.2 Å². The molecule has 0 aliphatic rings. The van der Waals surface area contributed by atoms with E-state index in [1.165, 1.54) is 18.2 Å². The molecule has 0 saturated carbocycles. The standard InChI is InChI=1S/C20H19BrFN3O2/c1-13-4-3-5-15(10-13)12-25-19(8-9-23-25)24-20(26)14(2)27-18-7-6-16(22)11-17(18)21/h3-11,14H,12H2,1-2H3,(H,24,26).